The van der Waals surface area contributed by atoms with Crippen LogP contribution in [0.5, 0.6) is 5.88 Å². The number of pyridine rings is 1. The Kier molecular flexibility index (Phi) is 5.10. The molecule has 3 rings (SSSR count). The summed E-state index contributed by atoms with van der Waals surface area (Å²) in [6.45, 7) is 4.00. The molecule has 0 spiro atoms. The smallest absolute Gasteiger partial charge is 0.250 e. The first-order chi connectivity index (χ1) is 11.1. The molecule has 23 heavy (non-hydrogen) atoms. The maximum atomic E-state index is 13.6. The van der Waals surface area contributed by atoms with Gasteiger partial charge in [0.1, 0.15) is 6.10 Å². The van der Waals surface area contributed by atoms with E-state index in [1.807, 2.05) is 11.8 Å². The van der Waals surface area contributed by atoms with Crippen LogP contribution in [0.2, 0.25) is 0 Å². The molecule has 1 aromatic heterocycles. The lowest BCUT2D eigenvalue weighted by Crippen LogP contribution is -2.47. The third kappa shape index (κ3) is 3.80. The van der Waals surface area contributed by atoms with Crippen LogP contribution in [0.15, 0.2) is 18.3 Å². The molecule has 2 aliphatic heterocycles. The molecular formula is C17H23FN2O3. The van der Waals surface area contributed by atoms with Gasteiger partial charge in [-0.2, -0.15) is 0 Å². The van der Waals surface area contributed by atoms with E-state index in [0.717, 1.165) is 19.4 Å². The number of rotatable bonds is 3. The predicted molar refractivity (Wildman–Crippen MR) is 82.6 cm³/mol. The Bertz CT molecular complexity index is 546. The van der Waals surface area contributed by atoms with Crippen LogP contribution < -0.4 is 4.74 Å². The Morgan fingerprint density at radius 1 is 1.39 bits per heavy atom. The fraction of sp³-hybridized carbons (Fsp3) is 0.647. The van der Waals surface area contributed by atoms with Crippen molar-refractivity contribution in [1.82, 2.24) is 9.88 Å². The molecule has 2 atom stereocenters. The van der Waals surface area contributed by atoms with Gasteiger partial charge < -0.3 is 14.4 Å². The zero-order valence-corrected chi connectivity index (χ0v) is 13.4. The van der Waals surface area contributed by atoms with Gasteiger partial charge in [0, 0.05) is 38.7 Å². The van der Waals surface area contributed by atoms with Gasteiger partial charge in [-0.05, 0) is 31.9 Å². The molecule has 5 nitrogen and oxygen atoms in total. The maximum Gasteiger partial charge on any atom is 0.250 e. The average Bonchev–Trinajstić information content (AvgIpc) is 2.57. The van der Waals surface area contributed by atoms with Crippen molar-refractivity contribution in [3.63, 3.8) is 0 Å². The van der Waals surface area contributed by atoms with Crippen molar-refractivity contribution >= 4 is 5.91 Å². The van der Waals surface area contributed by atoms with Gasteiger partial charge in [0.15, 0.2) is 5.82 Å². The highest BCUT2D eigenvalue weighted by Gasteiger charge is 2.34. The number of amides is 1. The number of halogens is 1. The van der Waals surface area contributed by atoms with Crippen LogP contribution in [0, 0.1) is 11.7 Å². The monoisotopic (exact) mass is 322 g/mol. The summed E-state index contributed by atoms with van der Waals surface area (Å²) in [5.74, 6) is -0.250. The second-order valence-corrected chi connectivity index (χ2v) is 6.26. The van der Waals surface area contributed by atoms with Crippen molar-refractivity contribution in [3.05, 3.63) is 24.1 Å². The number of nitrogens with zero attached hydrogens (tertiary/aromatic N) is 2. The summed E-state index contributed by atoms with van der Waals surface area (Å²) in [7, 11) is 0. The van der Waals surface area contributed by atoms with Crippen LogP contribution >= 0.6 is 0 Å². The van der Waals surface area contributed by atoms with E-state index in [0.29, 0.717) is 25.9 Å². The normalized spacial score (nSPS) is 26.1. The Hall–Kier alpha value is -1.69. The first-order valence-corrected chi connectivity index (χ1v) is 8.32. The Labute approximate surface area is 135 Å². The molecular weight excluding hydrogens is 299 g/mol. The van der Waals surface area contributed by atoms with Crippen LogP contribution in [-0.4, -0.2) is 47.7 Å². The SMILES string of the molecule is CC1OCCCC1C(=O)N1CCC(Oc2ncccc2F)CC1. The number of aromatic nitrogens is 1. The van der Waals surface area contributed by atoms with E-state index in [2.05, 4.69) is 4.98 Å². The highest BCUT2D eigenvalue weighted by molar-refractivity contribution is 5.79. The molecule has 3 heterocycles. The van der Waals surface area contributed by atoms with Gasteiger partial charge in [-0.1, -0.05) is 0 Å². The predicted octanol–water partition coefficient (Wildman–Crippen LogP) is 2.41. The summed E-state index contributed by atoms with van der Waals surface area (Å²) in [6.07, 6.45) is 4.65. The molecule has 2 unspecified atom stereocenters. The van der Waals surface area contributed by atoms with Gasteiger partial charge in [-0.25, -0.2) is 9.37 Å². The minimum atomic E-state index is -0.445. The topological polar surface area (TPSA) is 51.7 Å². The van der Waals surface area contributed by atoms with E-state index in [1.54, 1.807) is 0 Å². The molecule has 0 aromatic carbocycles. The van der Waals surface area contributed by atoms with E-state index in [-0.39, 0.29) is 29.9 Å². The zero-order valence-electron chi connectivity index (χ0n) is 13.4. The summed E-state index contributed by atoms with van der Waals surface area (Å²) in [4.78, 5) is 18.4. The van der Waals surface area contributed by atoms with Gasteiger partial charge >= 0.3 is 0 Å². The fourth-order valence-corrected chi connectivity index (χ4v) is 3.29. The summed E-state index contributed by atoms with van der Waals surface area (Å²) in [6, 6.07) is 2.88. The highest BCUT2D eigenvalue weighted by Crippen LogP contribution is 2.25. The maximum absolute atomic E-state index is 13.6. The van der Waals surface area contributed by atoms with Crippen molar-refractivity contribution < 1.29 is 18.7 Å². The van der Waals surface area contributed by atoms with Crippen molar-refractivity contribution in [1.29, 1.82) is 0 Å². The molecule has 2 saturated heterocycles. The summed E-state index contributed by atoms with van der Waals surface area (Å²) >= 11 is 0. The van der Waals surface area contributed by atoms with Crippen molar-refractivity contribution in [2.24, 2.45) is 5.92 Å². The number of piperidine rings is 1. The third-order valence-corrected chi connectivity index (χ3v) is 4.68. The number of carbonyl (C=O) groups excluding carboxylic acids is 1. The van der Waals surface area contributed by atoms with Gasteiger partial charge in [-0.3, -0.25) is 4.79 Å². The minimum absolute atomic E-state index is 0.00663. The Balaban J connectivity index is 1.52. The standard InChI is InChI=1S/C17H23FN2O3/c1-12-14(4-3-11-22-12)17(21)20-9-6-13(7-10-20)23-16-15(18)5-2-8-19-16/h2,5,8,12-14H,3-4,6-7,9-11H2,1H3. The second kappa shape index (κ2) is 7.25. The zero-order chi connectivity index (χ0) is 16.2. The van der Waals surface area contributed by atoms with Crippen LogP contribution in [-0.2, 0) is 9.53 Å². The lowest BCUT2D eigenvalue weighted by molar-refractivity contribution is -0.145. The first kappa shape index (κ1) is 16.2. The summed E-state index contributed by atoms with van der Waals surface area (Å²) in [5.41, 5.74) is 0. The van der Waals surface area contributed by atoms with Crippen LogP contribution in [0.3, 0.4) is 0 Å². The molecule has 6 heteroatoms. The number of hydrogen-bond acceptors (Lipinski definition) is 4. The molecule has 0 aliphatic carbocycles. The molecule has 126 valence electrons. The van der Waals surface area contributed by atoms with E-state index in [9.17, 15) is 9.18 Å². The molecule has 2 fully saturated rings. The van der Waals surface area contributed by atoms with Crippen molar-refractivity contribution in [3.8, 4) is 5.88 Å². The highest BCUT2D eigenvalue weighted by atomic mass is 19.1. The van der Waals surface area contributed by atoms with E-state index in [1.165, 1.54) is 18.3 Å². The second-order valence-electron chi connectivity index (χ2n) is 6.26. The number of likely N-dealkylation sites (tertiary alicyclic amines) is 1. The van der Waals surface area contributed by atoms with Gasteiger partial charge in [0.2, 0.25) is 5.91 Å². The van der Waals surface area contributed by atoms with Gasteiger partial charge in [0.25, 0.3) is 5.88 Å². The third-order valence-electron chi connectivity index (χ3n) is 4.68. The molecule has 0 bridgehead atoms. The van der Waals surface area contributed by atoms with Crippen LogP contribution in [0.4, 0.5) is 4.39 Å². The fourth-order valence-electron chi connectivity index (χ4n) is 3.29. The Morgan fingerprint density at radius 2 is 2.17 bits per heavy atom. The van der Waals surface area contributed by atoms with Crippen LogP contribution in [0.1, 0.15) is 32.6 Å². The molecule has 1 amide bonds. The lowest BCUT2D eigenvalue weighted by atomic mass is 9.93. The number of carbonyl (C=O) groups is 1. The average molecular weight is 322 g/mol. The Morgan fingerprint density at radius 3 is 2.87 bits per heavy atom. The largest absolute Gasteiger partial charge is 0.472 e. The first-order valence-electron chi connectivity index (χ1n) is 8.32. The van der Waals surface area contributed by atoms with Crippen molar-refractivity contribution in [2.45, 2.75) is 44.8 Å². The van der Waals surface area contributed by atoms with E-state index in [4.69, 9.17) is 9.47 Å². The quantitative estimate of drug-likeness (QED) is 0.857. The van der Waals surface area contributed by atoms with E-state index < -0.39 is 5.82 Å². The number of ether oxygens (including phenoxy) is 2. The minimum Gasteiger partial charge on any atom is -0.472 e. The molecule has 1 aromatic rings. The van der Waals surface area contributed by atoms with Crippen LogP contribution in [0.25, 0.3) is 0 Å². The molecule has 2 aliphatic rings. The molecule has 0 N–H and O–H groups in total. The molecule has 0 saturated carbocycles. The summed E-state index contributed by atoms with van der Waals surface area (Å²) in [5, 5.41) is 0. The van der Waals surface area contributed by atoms with Gasteiger partial charge in [-0.15, -0.1) is 0 Å². The van der Waals surface area contributed by atoms with Gasteiger partial charge in [0.05, 0.1) is 12.0 Å². The van der Waals surface area contributed by atoms with E-state index >= 15 is 0 Å². The van der Waals surface area contributed by atoms with Crippen molar-refractivity contribution in [2.75, 3.05) is 19.7 Å². The number of hydrogen-bond donors (Lipinski definition) is 0. The lowest BCUT2D eigenvalue weighted by Gasteiger charge is -2.37. The molecule has 0 radical (unpaired) electrons. The summed E-state index contributed by atoms with van der Waals surface area (Å²) < 4.78 is 24.8.